The highest BCUT2D eigenvalue weighted by atomic mass is 19.4. The average Bonchev–Trinajstić information content (AvgIpc) is 3.22. The zero-order chi connectivity index (χ0) is 21.7. The van der Waals surface area contributed by atoms with E-state index in [1.165, 1.54) is 12.8 Å². The number of rotatable bonds is 6. The molecule has 1 aliphatic heterocycles. The number of anilines is 2. The van der Waals surface area contributed by atoms with Crippen LogP contribution in [-0.2, 0) is 9.59 Å². The summed E-state index contributed by atoms with van der Waals surface area (Å²) in [5.41, 5.74) is 1.77. The minimum absolute atomic E-state index is 0.0646. The highest BCUT2D eigenvalue weighted by Crippen LogP contribution is 2.40. The van der Waals surface area contributed by atoms with Crippen molar-refractivity contribution in [3.8, 4) is 0 Å². The van der Waals surface area contributed by atoms with Crippen LogP contribution < -0.4 is 15.5 Å². The van der Waals surface area contributed by atoms with Crippen LogP contribution in [0.4, 0.5) is 24.5 Å². The molecule has 1 heterocycles. The van der Waals surface area contributed by atoms with Crippen molar-refractivity contribution < 1.29 is 22.8 Å². The molecule has 1 saturated carbocycles. The molecule has 0 spiro atoms. The third kappa shape index (κ3) is 6.12. The number of nitrogens with one attached hydrogen (secondary N) is 2. The number of benzene rings is 1. The average molecular weight is 425 g/mol. The molecule has 166 valence electrons. The predicted molar refractivity (Wildman–Crippen MR) is 110 cm³/mol. The Balaban J connectivity index is 1.47. The molecule has 3 rings (SSSR count). The van der Waals surface area contributed by atoms with Crippen LogP contribution in [0.2, 0.25) is 0 Å². The third-order valence-electron chi connectivity index (χ3n) is 5.99. The summed E-state index contributed by atoms with van der Waals surface area (Å²) < 4.78 is 38.9. The van der Waals surface area contributed by atoms with E-state index in [2.05, 4.69) is 15.5 Å². The van der Waals surface area contributed by atoms with Gasteiger partial charge in [0.05, 0.1) is 5.92 Å². The maximum atomic E-state index is 13.0. The number of carbonyl (C=O) groups excluding carboxylic acids is 2. The minimum Gasteiger partial charge on any atom is -0.371 e. The van der Waals surface area contributed by atoms with Gasteiger partial charge in [-0.25, -0.2) is 0 Å². The zero-order valence-corrected chi connectivity index (χ0v) is 17.3. The fourth-order valence-corrected chi connectivity index (χ4v) is 4.38. The Kier molecular flexibility index (Phi) is 7.26. The fourth-order valence-electron chi connectivity index (χ4n) is 4.38. The van der Waals surface area contributed by atoms with Gasteiger partial charge in [-0.1, -0.05) is 12.5 Å². The Morgan fingerprint density at radius 1 is 1.17 bits per heavy atom. The SMILES string of the molecule is CC(CC(=O)Nc1cccc(N2CCCC2)c1)NC(=O)C1CCCC(C(F)(F)F)C1. The van der Waals surface area contributed by atoms with Crippen LogP contribution in [0, 0.1) is 11.8 Å². The molecule has 3 atom stereocenters. The zero-order valence-electron chi connectivity index (χ0n) is 17.3. The van der Waals surface area contributed by atoms with Gasteiger partial charge < -0.3 is 15.5 Å². The molecule has 1 aromatic rings. The van der Waals surface area contributed by atoms with Crippen molar-refractivity contribution in [3.63, 3.8) is 0 Å². The van der Waals surface area contributed by atoms with Crippen molar-refractivity contribution in [2.24, 2.45) is 11.8 Å². The van der Waals surface area contributed by atoms with E-state index >= 15 is 0 Å². The summed E-state index contributed by atoms with van der Waals surface area (Å²) in [6, 6.07) is 7.22. The van der Waals surface area contributed by atoms with Gasteiger partial charge in [0.1, 0.15) is 0 Å². The monoisotopic (exact) mass is 425 g/mol. The van der Waals surface area contributed by atoms with Gasteiger partial charge in [0.25, 0.3) is 0 Å². The predicted octanol–water partition coefficient (Wildman–Crippen LogP) is 4.49. The molecule has 1 aromatic carbocycles. The summed E-state index contributed by atoms with van der Waals surface area (Å²) >= 11 is 0. The number of hydrogen-bond acceptors (Lipinski definition) is 3. The first-order chi connectivity index (χ1) is 14.2. The lowest BCUT2D eigenvalue weighted by atomic mass is 9.80. The van der Waals surface area contributed by atoms with E-state index in [-0.39, 0.29) is 31.1 Å². The van der Waals surface area contributed by atoms with Crippen LogP contribution in [0.5, 0.6) is 0 Å². The van der Waals surface area contributed by atoms with Gasteiger partial charge in [0, 0.05) is 42.8 Å². The lowest BCUT2D eigenvalue weighted by Gasteiger charge is -2.30. The second-order valence-electron chi connectivity index (χ2n) is 8.51. The molecule has 5 nitrogen and oxygen atoms in total. The molecule has 0 aromatic heterocycles. The molecule has 2 fully saturated rings. The van der Waals surface area contributed by atoms with Gasteiger partial charge in [-0.2, -0.15) is 13.2 Å². The summed E-state index contributed by atoms with van der Waals surface area (Å²) in [6.45, 7) is 3.72. The number of halogens is 3. The van der Waals surface area contributed by atoms with E-state index in [0.29, 0.717) is 18.5 Å². The lowest BCUT2D eigenvalue weighted by molar-refractivity contribution is -0.186. The van der Waals surface area contributed by atoms with Crippen molar-refractivity contribution in [1.29, 1.82) is 0 Å². The van der Waals surface area contributed by atoms with Crippen molar-refractivity contribution >= 4 is 23.2 Å². The van der Waals surface area contributed by atoms with Gasteiger partial charge in [-0.3, -0.25) is 9.59 Å². The van der Waals surface area contributed by atoms with Gasteiger partial charge in [0.15, 0.2) is 0 Å². The Labute approximate surface area is 175 Å². The number of carbonyl (C=O) groups is 2. The molecule has 0 radical (unpaired) electrons. The Bertz CT molecular complexity index is 747. The van der Waals surface area contributed by atoms with Crippen molar-refractivity contribution in [2.75, 3.05) is 23.3 Å². The van der Waals surface area contributed by atoms with Crippen LogP contribution >= 0.6 is 0 Å². The number of nitrogens with zero attached hydrogens (tertiary/aromatic N) is 1. The molecule has 1 aliphatic carbocycles. The van der Waals surface area contributed by atoms with Crippen molar-refractivity contribution in [3.05, 3.63) is 24.3 Å². The Hall–Kier alpha value is -2.25. The maximum absolute atomic E-state index is 13.0. The molecule has 3 unspecified atom stereocenters. The topological polar surface area (TPSA) is 61.4 Å². The van der Waals surface area contributed by atoms with E-state index in [1.807, 2.05) is 24.3 Å². The van der Waals surface area contributed by atoms with Gasteiger partial charge in [-0.15, -0.1) is 0 Å². The second kappa shape index (κ2) is 9.71. The second-order valence-corrected chi connectivity index (χ2v) is 8.51. The maximum Gasteiger partial charge on any atom is 0.391 e. The van der Waals surface area contributed by atoms with E-state index in [4.69, 9.17) is 0 Å². The van der Waals surface area contributed by atoms with Crippen LogP contribution in [0.1, 0.15) is 51.9 Å². The molecule has 30 heavy (non-hydrogen) atoms. The van der Waals surface area contributed by atoms with Crippen molar-refractivity contribution in [2.45, 2.75) is 64.1 Å². The summed E-state index contributed by atoms with van der Waals surface area (Å²) in [4.78, 5) is 27.0. The fraction of sp³-hybridized carbons (Fsp3) is 0.636. The lowest BCUT2D eigenvalue weighted by Crippen LogP contribution is -2.42. The molecule has 2 amide bonds. The quantitative estimate of drug-likeness (QED) is 0.706. The first kappa shape index (κ1) is 22.4. The van der Waals surface area contributed by atoms with E-state index in [1.54, 1.807) is 6.92 Å². The third-order valence-corrected chi connectivity index (χ3v) is 5.99. The highest BCUT2D eigenvalue weighted by molar-refractivity contribution is 5.92. The molecular weight excluding hydrogens is 395 g/mol. The van der Waals surface area contributed by atoms with E-state index in [0.717, 1.165) is 18.8 Å². The largest absolute Gasteiger partial charge is 0.391 e. The van der Waals surface area contributed by atoms with E-state index in [9.17, 15) is 22.8 Å². The highest BCUT2D eigenvalue weighted by Gasteiger charge is 2.43. The van der Waals surface area contributed by atoms with Crippen LogP contribution in [-0.4, -0.2) is 37.1 Å². The number of alkyl halides is 3. The molecule has 2 aliphatic rings. The summed E-state index contributed by atoms with van der Waals surface area (Å²) in [6.07, 6.45) is -1.09. The first-order valence-electron chi connectivity index (χ1n) is 10.7. The first-order valence-corrected chi connectivity index (χ1v) is 10.7. The van der Waals surface area contributed by atoms with Crippen LogP contribution in [0.15, 0.2) is 24.3 Å². The molecule has 1 saturated heterocycles. The normalized spacial score (nSPS) is 23.1. The number of hydrogen-bond donors (Lipinski definition) is 2. The molecule has 2 N–H and O–H groups in total. The molecule has 0 bridgehead atoms. The van der Waals surface area contributed by atoms with Gasteiger partial charge >= 0.3 is 6.18 Å². The summed E-state index contributed by atoms with van der Waals surface area (Å²) in [7, 11) is 0. The Morgan fingerprint density at radius 2 is 1.90 bits per heavy atom. The summed E-state index contributed by atoms with van der Waals surface area (Å²) in [5.74, 6) is -2.69. The van der Waals surface area contributed by atoms with Crippen LogP contribution in [0.25, 0.3) is 0 Å². The van der Waals surface area contributed by atoms with Crippen LogP contribution in [0.3, 0.4) is 0 Å². The van der Waals surface area contributed by atoms with Crippen molar-refractivity contribution in [1.82, 2.24) is 5.32 Å². The van der Waals surface area contributed by atoms with Gasteiger partial charge in [-0.05, 0) is 57.2 Å². The Morgan fingerprint density at radius 3 is 2.60 bits per heavy atom. The standard InChI is InChI=1S/C22H30F3N3O2/c1-15(26-21(30)16-6-4-7-17(13-16)22(23,24)25)12-20(29)27-18-8-5-9-19(14-18)28-10-2-3-11-28/h5,8-9,14-17H,2-4,6-7,10-13H2,1H3,(H,26,30)(H,27,29). The smallest absolute Gasteiger partial charge is 0.371 e. The van der Waals surface area contributed by atoms with Gasteiger partial charge in [0.2, 0.25) is 11.8 Å². The van der Waals surface area contributed by atoms with E-state index < -0.39 is 24.1 Å². The summed E-state index contributed by atoms with van der Waals surface area (Å²) in [5, 5.41) is 5.57. The molecular formula is C22H30F3N3O2. The number of amides is 2. The molecule has 8 heteroatoms. The minimum atomic E-state index is -4.26.